The van der Waals surface area contributed by atoms with Crippen molar-refractivity contribution in [3.63, 3.8) is 0 Å². The van der Waals surface area contributed by atoms with Gasteiger partial charge in [0.25, 0.3) is 0 Å². The van der Waals surface area contributed by atoms with Gasteiger partial charge in [0, 0.05) is 30.5 Å². The molecule has 0 spiro atoms. The Morgan fingerprint density at radius 1 is 1.30 bits per heavy atom. The van der Waals surface area contributed by atoms with Crippen LogP contribution in [-0.4, -0.2) is 42.5 Å². The maximum atomic E-state index is 12.3. The molecule has 1 atom stereocenters. The van der Waals surface area contributed by atoms with Gasteiger partial charge in [-0.3, -0.25) is 14.5 Å². The monoisotopic (exact) mass is 388 g/mol. The van der Waals surface area contributed by atoms with Crippen LogP contribution in [0.2, 0.25) is 0 Å². The number of carbonyl (C=O) groups is 2. The van der Waals surface area contributed by atoms with Gasteiger partial charge >= 0.3 is 0 Å². The predicted octanol–water partition coefficient (Wildman–Crippen LogP) is 3.99. The summed E-state index contributed by atoms with van der Waals surface area (Å²) in [5, 5.41) is 3.04. The highest BCUT2D eigenvalue weighted by Gasteiger charge is 2.27. The van der Waals surface area contributed by atoms with Crippen molar-refractivity contribution in [1.29, 1.82) is 0 Å². The van der Waals surface area contributed by atoms with Gasteiger partial charge in [-0.05, 0) is 57.7 Å². The van der Waals surface area contributed by atoms with Crippen molar-refractivity contribution in [2.24, 2.45) is 0 Å². The number of amides is 1. The number of likely N-dealkylation sites (tertiary alicyclic amines) is 1. The maximum Gasteiger partial charge on any atom is 0.218 e. The Morgan fingerprint density at radius 3 is 2.85 bits per heavy atom. The number of piperidine rings is 1. The van der Waals surface area contributed by atoms with E-state index in [1.807, 2.05) is 32.0 Å². The molecule has 146 valence electrons. The first-order valence-electron chi connectivity index (χ1n) is 9.63. The van der Waals surface area contributed by atoms with Gasteiger partial charge in [0.1, 0.15) is 5.75 Å². The van der Waals surface area contributed by atoms with Crippen LogP contribution in [0.3, 0.4) is 0 Å². The van der Waals surface area contributed by atoms with Crippen molar-refractivity contribution < 1.29 is 14.3 Å². The summed E-state index contributed by atoms with van der Waals surface area (Å²) in [6.45, 7) is 8.07. The summed E-state index contributed by atoms with van der Waals surface area (Å²) in [7, 11) is 0. The summed E-state index contributed by atoms with van der Waals surface area (Å²) >= 11 is 1.54. The SMILES string of the molecule is CC(=O)NC1CCCCN1CCCOc1ccc2c(c1)SC(=C(C)C)C2=O. The molecular weight excluding hydrogens is 360 g/mol. The van der Waals surface area contributed by atoms with E-state index < -0.39 is 0 Å². The molecule has 1 aromatic carbocycles. The fourth-order valence-electron chi connectivity index (χ4n) is 3.59. The van der Waals surface area contributed by atoms with Crippen molar-refractivity contribution in [3.05, 3.63) is 34.2 Å². The zero-order valence-electron chi connectivity index (χ0n) is 16.3. The van der Waals surface area contributed by atoms with Crippen LogP contribution in [0.4, 0.5) is 0 Å². The average molecular weight is 389 g/mol. The topological polar surface area (TPSA) is 58.6 Å². The Morgan fingerprint density at radius 2 is 2.11 bits per heavy atom. The highest BCUT2D eigenvalue weighted by Crippen LogP contribution is 2.42. The number of thioether (sulfide) groups is 1. The van der Waals surface area contributed by atoms with Gasteiger partial charge < -0.3 is 10.1 Å². The van der Waals surface area contributed by atoms with Gasteiger partial charge in [0.15, 0.2) is 0 Å². The summed E-state index contributed by atoms with van der Waals surface area (Å²) in [6.07, 6.45) is 4.42. The Kier molecular flexibility index (Phi) is 6.60. The molecule has 2 heterocycles. The molecule has 0 aliphatic carbocycles. The molecule has 1 amide bonds. The normalized spacial score (nSPS) is 19.7. The summed E-state index contributed by atoms with van der Waals surface area (Å²) in [4.78, 5) is 27.9. The van der Waals surface area contributed by atoms with E-state index in [1.165, 1.54) is 18.2 Å². The molecule has 1 saturated heterocycles. The average Bonchev–Trinajstić information content (AvgIpc) is 2.96. The van der Waals surface area contributed by atoms with Crippen LogP contribution in [0.5, 0.6) is 5.75 Å². The van der Waals surface area contributed by atoms with E-state index >= 15 is 0 Å². The minimum atomic E-state index is 0.0315. The van der Waals surface area contributed by atoms with Crippen LogP contribution >= 0.6 is 11.8 Å². The number of hydrogen-bond donors (Lipinski definition) is 1. The van der Waals surface area contributed by atoms with E-state index in [9.17, 15) is 9.59 Å². The number of carbonyl (C=O) groups excluding carboxylic acids is 2. The Balaban J connectivity index is 1.50. The summed E-state index contributed by atoms with van der Waals surface area (Å²) < 4.78 is 5.91. The lowest BCUT2D eigenvalue weighted by Crippen LogP contribution is -2.50. The van der Waals surface area contributed by atoms with Crippen molar-refractivity contribution in [2.45, 2.75) is 57.5 Å². The maximum absolute atomic E-state index is 12.3. The molecule has 5 nitrogen and oxygen atoms in total. The van der Waals surface area contributed by atoms with E-state index in [2.05, 4.69) is 10.2 Å². The standard InChI is InChI=1S/C21H28N2O3S/c1-14(2)21-20(25)17-9-8-16(13-18(17)27-21)26-12-6-11-23-10-5-4-7-19(23)22-15(3)24/h8-9,13,19H,4-7,10-12H2,1-3H3,(H,22,24). The molecule has 6 heteroatoms. The second kappa shape index (κ2) is 8.93. The van der Waals surface area contributed by atoms with Crippen LogP contribution in [0.15, 0.2) is 33.6 Å². The van der Waals surface area contributed by atoms with Crippen molar-refractivity contribution in [1.82, 2.24) is 10.2 Å². The van der Waals surface area contributed by atoms with Crippen molar-refractivity contribution >= 4 is 23.5 Å². The fraction of sp³-hybridized carbons (Fsp3) is 0.524. The lowest BCUT2D eigenvalue weighted by atomic mass is 10.1. The molecule has 3 rings (SSSR count). The molecule has 0 radical (unpaired) electrons. The molecule has 0 bridgehead atoms. The summed E-state index contributed by atoms with van der Waals surface area (Å²) in [5.74, 6) is 0.959. The van der Waals surface area contributed by atoms with Gasteiger partial charge in [-0.1, -0.05) is 17.3 Å². The number of nitrogens with zero attached hydrogens (tertiary/aromatic N) is 1. The Bertz CT molecular complexity index is 756. The number of nitrogens with one attached hydrogen (secondary N) is 1. The zero-order chi connectivity index (χ0) is 19.4. The van der Waals surface area contributed by atoms with E-state index in [-0.39, 0.29) is 17.9 Å². The third kappa shape index (κ3) is 4.93. The first-order valence-corrected chi connectivity index (χ1v) is 10.5. The number of rotatable bonds is 6. The van der Waals surface area contributed by atoms with Gasteiger partial charge in [0.2, 0.25) is 11.7 Å². The number of ketones is 1. The highest BCUT2D eigenvalue weighted by molar-refractivity contribution is 8.04. The lowest BCUT2D eigenvalue weighted by Gasteiger charge is -2.35. The molecule has 0 saturated carbocycles. The van der Waals surface area contributed by atoms with Crippen LogP contribution < -0.4 is 10.1 Å². The molecule has 1 unspecified atom stereocenters. The Labute approximate surface area is 165 Å². The van der Waals surface area contributed by atoms with Crippen LogP contribution in [0.25, 0.3) is 0 Å². The van der Waals surface area contributed by atoms with Crippen LogP contribution in [0, 0.1) is 0 Å². The minimum absolute atomic E-state index is 0.0315. The fourth-order valence-corrected chi connectivity index (χ4v) is 4.66. The predicted molar refractivity (Wildman–Crippen MR) is 108 cm³/mol. The molecule has 1 fully saturated rings. The molecule has 27 heavy (non-hydrogen) atoms. The molecular formula is C21H28N2O3S. The van der Waals surface area contributed by atoms with E-state index in [4.69, 9.17) is 4.74 Å². The van der Waals surface area contributed by atoms with E-state index in [0.29, 0.717) is 6.61 Å². The van der Waals surface area contributed by atoms with Crippen LogP contribution in [0.1, 0.15) is 56.8 Å². The summed E-state index contributed by atoms with van der Waals surface area (Å²) in [5.41, 5.74) is 1.83. The second-order valence-corrected chi connectivity index (χ2v) is 8.42. The number of benzene rings is 1. The lowest BCUT2D eigenvalue weighted by molar-refractivity contribution is -0.121. The summed E-state index contributed by atoms with van der Waals surface area (Å²) in [6, 6.07) is 5.72. The number of hydrogen-bond acceptors (Lipinski definition) is 5. The van der Waals surface area contributed by atoms with Gasteiger partial charge in [-0.2, -0.15) is 0 Å². The second-order valence-electron chi connectivity index (χ2n) is 7.37. The van der Waals surface area contributed by atoms with Crippen molar-refractivity contribution in [2.75, 3.05) is 19.7 Å². The number of ether oxygens (including phenoxy) is 1. The quantitative estimate of drug-likeness (QED) is 0.590. The number of allylic oxidation sites excluding steroid dienone is 2. The highest BCUT2D eigenvalue weighted by atomic mass is 32.2. The van der Waals surface area contributed by atoms with E-state index in [1.54, 1.807) is 6.92 Å². The smallest absolute Gasteiger partial charge is 0.218 e. The van der Waals surface area contributed by atoms with Gasteiger partial charge in [-0.25, -0.2) is 0 Å². The zero-order valence-corrected chi connectivity index (χ0v) is 17.2. The largest absolute Gasteiger partial charge is 0.494 e. The molecule has 2 aliphatic heterocycles. The third-order valence-corrected chi connectivity index (χ3v) is 6.27. The minimum Gasteiger partial charge on any atom is -0.494 e. The Hall–Kier alpha value is -1.79. The first-order chi connectivity index (χ1) is 13.0. The number of fused-ring (bicyclic) bond motifs is 1. The molecule has 2 aliphatic rings. The molecule has 0 aromatic heterocycles. The molecule has 1 aromatic rings. The van der Waals surface area contributed by atoms with Gasteiger partial charge in [0.05, 0.1) is 17.7 Å². The first kappa shape index (κ1) is 20.0. The third-order valence-electron chi connectivity index (χ3n) is 4.91. The van der Waals surface area contributed by atoms with Crippen molar-refractivity contribution in [3.8, 4) is 5.75 Å². The molecule has 1 N–H and O–H groups in total. The number of Topliss-reactive ketones (excluding diaryl/α,β-unsaturated/α-hetero) is 1. The van der Waals surface area contributed by atoms with E-state index in [0.717, 1.165) is 59.0 Å². The van der Waals surface area contributed by atoms with Crippen LogP contribution in [-0.2, 0) is 4.79 Å². The van der Waals surface area contributed by atoms with Gasteiger partial charge in [-0.15, -0.1) is 0 Å².